The van der Waals surface area contributed by atoms with E-state index in [9.17, 15) is 9.59 Å². The molecule has 2 aliphatic rings. The van der Waals surface area contributed by atoms with Crippen molar-refractivity contribution < 1.29 is 14.3 Å². The van der Waals surface area contributed by atoms with Crippen molar-refractivity contribution in [2.75, 3.05) is 0 Å². The molecule has 0 bridgehead atoms. The van der Waals surface area contributed by atoms with Gasteiger partial charge in [0.05, 0.1) is 12.3 Å². The van der Waals surface area contributed by atoms with Crippen molar-refractivity contribution >= 4 is 11.9 Å². The SMILES string of the molecule is O=C1CC(C2CCCCCC2)C(=O)O1. The van der Waals surface area contributed by atoms with Gasteiger partial charge in [0.15, 0.2) is 0 Å². The zero-order chi connectivity index (χ0) is 9.97. The predicted molar refractivity (Wildman–Crippen MR) is 50.4 cm³/mol. The van der Waals surface area contributed by atoms with Crippen LogP contribution in [0.5, 0.6) is 0 Å². The van der Waals surface area contributed by atoms with E-state index in [1.54, 1.807) is 0 Å². The van der Waals surface area contributed by atoms with Crippen LogP contribution in [0.25, 0.3) is 0 Å². The first-order valence-corrected chi connectivity index (χ1v) is 5.52. The summed E-state index contributed by atoms with van der Waals surface area (Å²) < 4.78 is 4.59. The molecule has 1 saturated carbocycles. The fourth-order valence-electron chi connectivity index (χ4n) is 2.56. The smallest absolute Gasteiger partial charge is 0.317 e. The van der Waals surface area contributed by atoms with Crippen LogP contribution in [0.15, 0.2) is 0 Å². The number of hydrogen-bond acceptors (Lipinski definition) is 3. The summed E-state index contributed by atoms with van der Waals surface area (Å²) in [6.45, 7) is 0. The van der Waals surface area contributed by atoms with Gasteiger partial charge in [-0.2, -0.15) is 0 Å². The Bertz CT molecular complexity index is 239. The Kier molecular flexibility index (Phi) is 2.85. The van der Waals surface area contributed by atoms with Crippen LogP contribution in [-0.2, 0) is 14.3 Å². The molecule has 2 fully saturated rings. The van der Waals surface area contributed by atoms with Crippen LogP contribution < -0.4 is 0 Å². The van der Waals surface area contributed by atoms with Gasteiger partial charge in [-0.05, 0) is 18.8 Å². The summed E-state index contributed by atoms with van der Waals surface area (Å²) in [6, 6.07) is 0. The Labute approximate surface area is 83.8 Å². The normalized spacial score (nSPS) is 30.1. The summed E-state index contributed by atoms with van der Waals surface area (Å²) in [5, 5.41) is 0. The number of esters is 2. The quantitative estimate of drug-likeness (QED) is 0.366. The van der Waals surface area contributed by atoms with E-state index in [2.05, 4.69) is 4.74 Å². The lowest BCUT2D eigenvalue weighted by Crippen LogP contribution is -2.18. The minimum Gasteiger partial charge on any atom is -0.393 e. The highest BCUT2D eigenvalue weighted by Gasteiger charge is 2.38. The van der Waals surface area contributed by atoms with Gasteiger partial charge in [0.2, 0.25) is 0 Å². The van der Waals surface area contributed by atoms with Crippen molar-refractivity contribution in [3.63, 3.8) is 0 Å². The Hall–Kier alpha value is -0.860. The van der Waals surface area contributed by atoms with Gasteiger partial charge in [0.25, 0.3) is 0 Å². The van der Waals surface area contributed by atoms with Crippen LogP contribution in [0.2, 0.25) is 0 Å². The molecule has 1 atom stereocenters. The van der Waals surface area contributed by atoms with E-state index in [1.807, 2.05) is 0 Å². The van der Waals surface area contributed by atoms with Crippen LogP contribution in [0.3, 0.4) is 0 Å². The Balaban J connectivity index is 1.98. The highest BCUT2D eigenvalue weighted by Crippen LogP contribution is 2.34. The molecular weight excluding hydrogens is 180 g/mol. The summed E-state index contributed by atoms with van der Waals surface area (Å²) in [7, 11) is 0. The maximum atomic E-state index is 11.4. The molecule has 1 aliphatic carbocycles. The second-order valence-electron chi connectivity index (χ2n) is 4.36. The second kappa shape index (κ2) is 4.11. The zero-order valence-electron chi connectivity index (χ0n) is 8.33. The van der Waals surface area contributed by atoms with Gasteiger partial charge in [0.1, 0.15) is 0 Å². The molecule has 3 heteroatoms. The minimum atomic E-state index is -0.329. The third kappa shape index (κ3) is 1.97. The average molecular weight is 196 g/mol. The molecule has 0 radical (unpaired) electrons. The van der Waals surface area contributed by atoms with E-state index >= 15 is 0 Å². The monoisotopic (exact) mass is 196 g/mol. The summed E-state index contributed by atoms with van der Waals surface area (Å²) >= 11 is 0. The summed E-state index contributed by atoms with van der Waals surface area (Å²) in [4.78, 5) is 22.3. The molecule has 3 nitrogen and oxygen atoms in total. The summed E-state index contributed by atoms with van der Waals surface area (Å²) in [5.41, 5.74) is 0. The summed E-state index contributed by atoms with van der Waals surface area (Å²) in [6.07, 6.45) is 7.44. The van der Waals surface area contributed by atoms with Crippen LogP contribution in [0.4, 0.5) is 0 Å². The lowest BCUT2D eigenvalue weighted by Gasteiger charge is -2.16. The van der Waals surface area contributed by atoms with Gasteiger partial charge < -0.3 is 4.74 Å². The number of carbonyl (C=O) groups is 2. The topological polar surface area (TPSA) is 43.4 Å². The highest BCUT2D eigenvalue weighted by molar-refractivity contribution is 5.94. The number of carbonyl (C=O) groups excluding carboxylic acids is 2. The predicted octanol–water partition coefficient (Wildman–Crippen LogP) is 2.05. The Morgan fingerprint density at radius 1 is 1.00 bits per heavy atom. The van der Waals surface area contributed by atoms with Gasteiger partial charge in [0, 0.05) is 0 Å². The van der Waals surface area contributed by atoms with Gasteiger partial charge in [-0.1, -0.05) is 25.7 Å². The molecule has 0 aromatic carbocycles. The van der Waals surface area contributed by atoms with Crippen molar-refractivity contribution in [2.45, 2.75) is 44.9 Å². The minimum absolute atomic E-state index is 0.124. The van der Waals surface area contributed by atoms with E-state index in [0.29, 0.717) is 12.3 Å². The maximum Gasteiger partial charge on any atom is 0.317 e. The van der Waals surface area contributed by atoms with Gasteiger partial charge in [-0.3, -0.25) is 9.59 Å². The lowest BCUT2D eigenvalue weighted by atomic mass is 9.85. The molecule has 78 valence electrons. The standard InChI is InChI=1S/C11H16O3/c12-10-7-9(11(13)14-10)8-5-3-1-2-4-6-8/h8-9H,1-7H2. The van der Waals surface area contributed by atoms with Gasteiger partial charge in [-0.15, -0.1) is 0 Å². The maximum absolute atomic E-state index is 11.4. The molecule has 0 aromatic rings. The lowest BCUT2D eigenvalue weighted by molar-refractivity contribution is -0.153. The van der Waals surface area contributed by atoms with Crippen LogP contribution >= 0.6 is 0 Å². The molecule has 0 aromatic heterocycles. The first kappa shape index (κ1) is 9.69. The molecule has 0 N–H and O–H groups in total. The fourth-order valence-corrected chi connectivity index (χ4v) is 2.56. The van der Waals surface area contributed by atoms with E-state index < -0.39 is 0 Å². The van der Waals surface area contributed by atoms with Crippen LogP contribution in [-0.4, -0.2) is 11.9 Å². The van der Waals surface area contributed by atoms with Gasteiger partial charge in [-0.25, -0.2) is 0 Å². The third-order valence-electron chi connectivity index (χ3n) is 3.37. The molecule has 2 rings (SSSR count). The largest absolute Gasteiger partial charge is 0.393 e. The van der Waals surface area contributed by atoms with Crippen molar-refractivity contribution in [3.8, 4) is 0 Å². The molecule has 1 aliphatic heterocycles. The van der Waals surface area contributed by atoms with Crippen molar-refractivity contribution in [2.24, 2.45) is 11.8 Å². The Morgan fingerprint density at radius 2 is 1.64 bits per heavy atom. The van der Waals surface area contributed by atoms with Crippen molar-refractivity contribution in [1.82, 2.24) is 0 Å². The second-order valence-corrected chi connectivity index (χ2v) is 4.36. The van der Waals surface area contributed by atoms with Crippen molar-refractivity contribution in [1.29, 1.82) is 0 Å². The Morgan fingerprint density at radius 3 is 2.14 bits per heavy atom. The van der Waals surface area contributed by atoms with Gasteiger partial charge >= 0.3 is 11.9 Å². The number of cyclic esters (lactones) is 2. The number of ether oxygens (including phenoxy) is 1. The molecule has 1 saturated heterocycles. The fraction of sp³-hybridized carbons (Fsp3) is 0.818. The number of hydrogen-bond donors (Lipinski definition) is 0. The number of rotatable bonds is 1. The van der Waals surface area contributed by atoms with E-state index in [1.165, 1.54) is 25.7 Å². The van der Waals surface area contributed by atoms with Crippen LogP contribution in [0, 0.1) is 11.8 Å². The van der Waals surface area contributed by atoms with E-state index in [0.717, 1.165) is 12.8 Å². The average Bonchev–Trinajstić information content (AvgIpc) is 2.43. The van der Waals surface area contributed by atoms with E-state index in [4.69, 9.17) is 0 Å². The molecule has 0 spiro atoms. The van der Waals surface area contributed by atoms with E-state index in [-0.39, 0.29) is 17.9 Å². The molecule has 14 heavy (non-hydrogen) atoms. The van der Waals surface area contributed by atoms with Crippen LogP contribution in [0.1, 0.15) is 44.9 Å². The summed E-state index contributed by atoms with van der Waals surface area (Å²) in [5.74, 6) is -0.330. The molecule has 1 heterocycles. The first-order chi connectivity index (χ1) is 6.77. The molecular formula is C11H16O3. The first-order valence-electron chi connectivity index (χ1n) is 5.52. The zero-order valence-corrected chi connectivity index (χ0v) is 8.33. The molecule has 0 amide bonds. The van der Waals surface area contributed by atoms with Crippen molar-refractivity contribution in [3.05, 3.63) is 0 Å². The molecule has 1 unspecified atom stereocenters. The highest BCUT2D eigenvalue weighted by atomic mass is 16.6. The third-order valence-corrected chi connectivity index (χ3v) is 3.37.